The van der Waals surface area contributed by atoms with Gasteiger partial charge >= 0.3 is 0 Å². The molecule has 1 saturated heterocycles. The van der Waals surface area contributed by atoms with E-state index in [2.05, 4.69) is 46.7 Å². The first kappa shape index (κ1) is 28.4. The molecule has 1 aliphatic rings. The molecule has 0 saturated carbocycles. The highest BCUT2D eigenvalue weighted by molar-refractivity contribution is 6.30. The van der Waals surface area contributed by atoms with E-state index < -0.39 is 11.8 Å². The molecule has 3 heterocycles. The lowest BCUT2D eigenvalue weighted by Gasteiger charge is -2.27. The predicted octanol–water partition coefficient (Wildman–Crippen LogP) is 5.48. The molecule has 1 aromatic carbocycles. The molecule has 196 valence electrons. The van der Waals surface area contributed by atoms with Gasteiger partial charge in [-0.2, -0.15) is 0 Å². The minimum atomic E-state index is -0.456. The van der Waals surface area contributed by atoms with Gasteiger partial charge in [0, 0.05) is 12.4 Å². The quantitative estimate of drug-likeness (QED) is 0.380. The fraction of sp³-hybridized carbons (Fsp3) is 0.333. The van der Waals surface area contributed by atoms with Crippen LogP contribution < -0.4 is 20.7 Å². The SMILES string of the molecule is CC(C)(C)c1ccc(C(=O)Nc2ncccc2C(=O)Nc2ccc(Cl)cn2)c(OC2CCNCC2)c1.Cl. The maximum atomic E-state index is 13.4. The Morgan fingerprint density at radius 2 is 1.73 bits per heavy atom. The monoisotopic (exact) mass is 543 g/mol. The zero-order valence-electron chi connectivity index (χ0n) is 21.0. The first-order chi connectivity index (χ1) is 17.2. The summed E-state index contributed by atoms with van der Waals surface area (Å²) in [6.45, 7) is 8.10. The van der Waals surface area contributed by atoms with Crippen LogP contribution in [0.1, 0.15) is 59.9 Å². The number of pyridine rings is 2. The number of hydrogen-bond donors (Lipinski definition) is 3. The Morgan fingerprint density at radius 3 is 2.41 bits per heavy atom. The van der Waals surface area contributed by atoms with Crippen LogP contribution in [0.2, 0.25) is 5.02 Å². The average Bonchev–Trinajstić information content (AvgIpc) is 2.85. The highest BCUT2D eigenvalue weighted by atomic mass is 35.5. The predicted molar refractivity (Wildman–Crippen MR) is 148 cm³/mol. The van der Waals surface area contributed by atoms with E-state index in [0.717, 1.165) is 31.5 Å². The lowest BCUT2D eigenvalue weighted by molar-refractivity contribution is 0.101. The molecule has 3 aromatic rings. The number of carbonyl (C=O) groups is 2. The molecule has 0 aliphatic carbocycles. The van der Waals surface area contributed by atoms with Gasteiger partial charge in [-0.05, 0) is 73.3 Å². The van der Waals surface area contributed by atoms with Crippen molar-refractivity contribution >= 4 is 47.5 Å². The second kappa shape index (κ2) is 12.4. The molecule has 0 spiro atoms. The number of nitrogens with zero attached hydrogens (tertiary/aromatic N) is 2. The molecule has 1 aliphatic heterocycles. The first-order valence-electron chi connectivity index (χ1n) is 11.9. The van der Waals surface area contributed by atoms with Crippen LogP contribution in [0, 0.1) is 0 Å². The number of hydrogen-bond acceptors (Lipinski definition) is 6. The van der Waals surface area contributed by atoms with Crippen LogP contribution >= 0.6 is 24.0 Å². The Hall–Kier alpha value is -3.20. The van der Waals surface area contributed by atoms with Gasteiger partial charge in [0.1, 0.15) is 23.5 Å². The highest BCUT2D eigenvalue weighted by Gasteiger charge is 2.24. The molecule has 0 atom stereocenters. The maximum absolute atomic E-state index is 13.4. The minimum absolute atomic E-state index is 0. The molecule has 4 rings (SSSR count). The van der Waals surface area contributed by atoms with Gasteiger partial charge in [0.15, 0.2) is 0 Å². The fourth-order valence-corrected chi connectivity index (χ4v) is 3.97. The summed E-state index contributed by atoms with van der Waals surface area (Å²) < 4.78 is 6.33. The Balaban J connectivity index is 0.00000380. The van der Waals surface area contributed by atoms with Crippen molar-refractivity contribution in [2.45, 2.75) is 45.1 Å². The molecule has 0 radical (unpaired) electrons. The number of aromatic nitrogens is 2. The van der Waals surface area contributed by atoms with Crippen LogP contribution in [0.3, 0.4) is 0 Å². The molecule has 10 heteroatoms. The lowest BCUT2D eigenvalue weighted by Crippen LogP contribution is -2.34. The third-order valence-corrected chi connectivity index (χ3v) is 6.15. The summed E-state index contributed by atoms with van der Waals surface area (Å²) in [6.07, 6.45) is 4.71. The van der Waals surface area contributed by atoms with Crippen LogP contribution in [-0.2, 0) is 5.41 Å². The Labute approximate surface area is 228 Å². The van der Waals surface area contributed by atoms with Crippen molar-refractivity contribution in [3.05, 3.63) is 76.6 Å². The van der Waals surface area contributed by atoms with Crippen LogP contribution in [0.25, 0.3) is 0 Å². The van der Waals surface area contributed by atoms with Crippen molar-refractivity contribution in [3.8, 4) is 5.75 Å². The second-order valence-corrected chi connectivity index (χ2v) is 10.1. The standard InChI is InChI=1S/C27H30ClN5O3.ClH/c1-27(2,3)17-6-8-20(22(15-17)36-19-10-13-29-14-11-19)25(34)33-24-21(5-4-12-30-24)26(35)32-23-9-7-18(28)16-31-23;/h4-9,12,15-16,19,29H,10-11,13-14H2,1-3H3,(H,30,33,34)(H,31,32,35);1H. The van der Waals surface area contributed by atoms with Gasteiger partial charge in [0.25, 0.3) is 11.8 Å². The number of carbonyl (C=O) groups excluding carboxylic acids is 2. The fourth-order valence-electron chi connectivity index (χ4n) is 3.86. The number of ether oxygens (including phenoxy) is 1. The van der Waals surface area contributed by atoms with E-state index >= 15 is 0 Å². The van der Waals surface area contributed by atoms with Gasteiger partial charge < -0.3 is 20.7 Å². The largest absolute Gasteiger partial charge is 0.489 e. The third-order valence-electron chi connectivity index (χ3n) is 5.93. The number of piperidine rings is 1. The molecule has 2 aromatic heterocycles. The first-order valence-corrected chi connectivity index (χ1v) is 12.3. The molecule has 0 bridgehead atoms. The Kier molecular flexibility index (Phi) is 9.48. The van der Waals surface area contributed by atoms with E-state index in [0.29, 0.717) is 22.2 Å². The average molecular weight is 544 g/mol. The van der Waals surface area contributed by atoms with Crippen molar-refractivity contribution < 1.29 is 14.3 Å². The minimum Gasteiger partial charge on any atom is -0.489 e. The van der Waals surface area contributed by atoms with Crippen LogP contribution in [0.15, 0.2) is 54.9 Å². The topological polar surface area (TPSA) is 105 Å². The van der Waals surface area contributed by atoms with Crippen molar-refractivity contribution in [3.63, 3.8) is 0 Å². The lowest BCUT2D eigenvalue weighted by atomic mass is 9.86. The maximum Gasteiger partial charge on any atom is 0.260 e. The number of rotatable bonds is 6. The van der Waals surface area contributed by atoms with Gasteiger partial charge in [-0.15, -0.1) is 12.4 Å². The summed E-state index contributed by atoms with van der Waals surface area (Å²) in [5, 5.41) is 9.28. The number of nitrogens with one attached hydrogen (secondary N) is 3. The molecular weight excluding hydrogens is 513 g/mol. The van der Waals surface area contributed by atoms with E-state index in [9.17, 15) is 9.59 Å². The summed E-state index contributed by atoms with van der Waals surface area (Å²) in [5.74, 6) is 0.140. The van der Waals surface area contributed by atoms with Crippen LogP contribution in [0.5, 0.6) is 5.75 Å². The summed E-state index contributed by atoms with van der Waals surface area (Å²) in [7, 11) is 0. The summed E-state index contributed by atoms with van der Waals surface area (Å²) in [5.41, 5.74) is 1.55. The molecule has 8 nitrogen and oxygen atoms in total. The molecule has 0 unspecified atom stereocenters. The zero-order chi connectivity index (χ0) is 25.7. The second-order valence-electron chi connectivity index (χ2n) is 9.70. The molecule has 3 N–H and O–H groups in total. The van der Waals surface area contributed by atoms with Crippen molar-refractivity contribution in [1.82, 2.24) is 15.3 Å². The summed E-state index contributed by atoms with van der Waals surface area (Å²) >= 11 is 5.87. The van der Waals surface area contributed by atoms with Crippen LogP contribution in [0.4, 0.5) is 11.6 Å². The Morgan fingerprint density at radius 1 is 1.00 bits per heavy atom. The Bertz CT molecular complexity index is 1240. The van der Waals surface area contributed by atoms with Crippen molar-refractivity contribution in [2.24, 2.45) is 0 Å². The number of amides is 2. The van der Waals surface area contributed by atoms with Crippen LogP contribution in [-0.4, -0.2) is 41.0 Å². The van der Waals surface area contributed by atoms with Gasteiger partial charge in [-0.25, -0.2) is 9.97 Å². The van der Waals surface area contributed by atoms with Gasteiger partial charge in [-0.3, -0.25) is 9.59 Å². The number of benzene rings is 1. The molecule has 2 amide bonds. The number of anilines is 2. The summed E-state index contributed by atoms with van der Waals surface area (Å²) in [4.78, 5) is 34.6. The van der Waals surface area contributed by atoms with Crippen molar-refractivity contribution in [1.29, 1.82) is 0 Å². The van der Waals surface area contributed by atoms with Gasteiger partial charge in [0.2, 0.25) is 0 Å². The van der Waals surface area contributed by atoms with Gasteiger partial charge in [0.05, 0.1) is 16.1 Å². The molecule has 37 heavy (non-hydrogen) atoms. The zero-order valence-corrected chi connectivity index (χ0v) is 22.6. The smallest absolute Gasteiger partial charge is 0.260 e. The van der Waals surface area contributed by atoms with E-state index in [1.54, 1.807) is 30.3 Å². The molecular formula is C27H31Cl2N5O3. The van der Waals surface area contributed by atoms with Gasteiger partial charge in [-0.1, -0.05) is 38.4 Å². The number of halogens is 2. The highest BCUT2D eigenvalue weighted by Crippen LogP contribution is 2.31. The molecule has 1 fully saturated rings. The van der Waals surface area contributed by atoms with Crippen molar-refractivity contribution in [2.75, 3.05) is 23.7 Å². The normalized spacial score (nSPS) is 13.8. The third kappa shape index (κ3) is 7.41. The van der Waals surface area contributed by atoms with E-state index in [-0.39, 0.29) is 35.3 Å². The van der Waals surface area contributed by atoms with E-state index in [1.807, 2.05) is 12.1 Å². The van der Waals surface area contributed by atoms with E-state index in [4.69, 9.17) is 16.3 Å². The van der Waals surface area contributed by atoms with E-state index in [1.165, 1.54) is 12.4 Å². The summed E-state index contributed by atoms with van der Waals surface area (Å²) in [6, 6.07) is 12.1.